The molecule has 0 bridgehead atoms. The van der Waals surface area contributed by atoms with Gasteiger partial charge in [-0.25, -0.2) is 0 Å². The van der Waals surface area contributed by atoms with E-state index in [2.05, 4.69) is 34.1 Å². The summed E-state index contributed by atoms with van der Waals surface area (Å²) >= 11 is 0. The van der Waals surface area contributed by atoms with Gasteiger partial charge in [-0.05, 0) is 86.1 Å². The summed E-state index contributed by atoms with van der Waals surface area (Å²) in [6.07, 6.45) is 5.27. The second kappa shape index (κ2) is 7.48. The van der Waals surface area contributed by atoms with Gasteiger partial charge in [-0.3, -0.25) is 0 Å². The van der Waals surface area contributed by atoms with Gasteiger partial charge in [0.05, 0.1) is 0 Å². The molecule has 2 aliphatic heterocycles. The van der Waals surface area contributed by atoms with Crippen molar-refractivity contribution >= 4 is 22.7 Å². The summed E-state index contributed by atoms with van der Waals surface area (Å²) in [5.41, 5.74) is 15.9. The Morgan fingerprint density at radius 1 is 0.538 bits per heavy atom. The normalized spacial score (nSPS) is 19.7. The number of benzene rings is 2. The highest BCUT2D eigenvalue weighted by atomic mass is 15.1. The lowest BCUT2D eigenvalue weighted by Crippen LogP contribution is -2.40. The summed E-state index contributed by atoms with van der Waals surface area (Å²) in [6, 6.07) is 16.6. The van der Waals surface area contributed by atoms with Crippen LogP contribution < -0.4 is 21.3 Å². The Kier molecular flexibility index (Phi) is 4.91. The lowest BCUT2D eigenvalue weighted by molar-refractivity contribution is 0.233. The zero-order valence-corrected chi connectivity index (χ0v) is 15.5. The molecule has 2 aromatic rings. The third-order valence-electron chi connectivity index (χ3n) is 6.26. The van der Waals surface area contributed by atoms with Crippen LogP contribution >= 0.6 is 0 Å². The number of hydrogen-bond donors (Lipinski definition) is 2. The zero-order chi connectivity index (χ0) is 17.9. The number of hydrogen-bond acceptors (Lipinski definition) is 4. The molecule has 2 fully saturated rings. The molecular formula is C22H30N4. The quantitative estimate of drug-likeness (QED) is 0.822. The van der Waals surface area contributed by atoms with E-state index in [-0.39, 0.29) is 0 Å². The van der Waals surface area contributed by atoms with Crippen molar-refractivity contribution in [2.24, 2.45) is 11.8 Å². The maximum absolute atomic E-state index is 5.81. The minimum Gasteiger partial charge on any atom is -0.399 e. The van der Waals surface area contributed by atoms with Gasteiger partial charge in [0.2, 0.25) is 0 Å². The summed E-state index contributed by atoms with van der Waals surface area (Å²) < 4.78 is 0. The standard InChI is InChI=1S/C22H30N4/c23-19-1-5-21(6-2-19)25-13-9-17(10-14-25)18-11-15-26(16-12-18)22-7-3-20(24)4-8-22/h1-8,17-18H,9-16,23-24H2. The molecule has 26 heavy (non-hydrogen) atoms. The van der Waals surface area contributed by atoms with Crippen LogP contribution in [0.1, 0.15) is 25.7 Å². The Labute approximate surface area is 156 Å². The average molecular weight is 351 g/mol. The molecule has 138 valence electrons. The van der Waals surface area contributed by atoms with Gasteiger partial charge in [0.15, 0.2) is 0 Å². The predicted octanol–water partition coefficient (Wildman–Crippen LogP) is 3.98. The number of piperidine rings is 2. The van der Waals surface area contributed by atoms with E-state index < -0.39 is 0 Å². The molecule has 0 atom stereocenters. The van der Waals surface area contributed by atoms with Crippen molar-refractivity contribution in [3.05, 3.63) is 48.5 Å². The van der Waals surface area contributed by atoms with E-state index in [1.165, 1.54) is 63.2 Å². The van der Waals surface area contributed by atoms with E-state index in [0.29, 0.717) is 0 Å². The fraction of sp³-hybridized carbons (Fsp3) is 0.455. The molecule has 0 spiro atoms. The Hall–Kier alpha value is -2.36. The lowest BCUT2D eigenvalue weighted by atomic mass is 9.78. The molecule has 0 saturated carbocycles. The SMILES string of the molecule is Nc1ccc(N2CCC(C3CCN(c4ccc(N)cc4)CC3)CC2)cc1. The van der Waals surface area contributed by atoms with Gasteiger partial charge < -0.3 is 21.3 Å². The third kappa shape index (κ3) is 3.74. The molecular weight excluding hydrogens is 320 g/mol. The van der Waals surface area contributed by atoms with E-state index in [0.717, 1.165) is 23.2 Å². The van der Waals surface area contributed by atoms with E-state index in [4.69, 9.17) is 11.5 Å². The van der Waals surface area contributed by atoms with Crippen molar-refractivity contribution in [1.82, 2.24) is 0 Å². The second-order valence-corrected chi connectivity index (χ2v) is 7.83. The maximum Gasteiger partial charge on any atom is 0.0367 e. The van der Waals surface area contributed by atoms with Crippen molar-refractivity contribution in [2.45, 2.75) is 25.7 Å². The fourth-order valence-corrected chi connectivity index (χ4v) is 4.63. The minimum absolute atomic E-state index is 0.844. The number of nitrogens with two attached hydrogens (primary N) is 2. The Balaban J connectivity index is 1.28. The topological polar surface area (TPSA) is 58.5 Å². The maximum atomic E-state index is 5.81. The monoisotopic (exact) mass is 350 g/mol. The van der Waals surface area contributed by atoms with Gasteiger partial charge in [0.25, 0.3) is 0 Å². The molecule has 2 aromatic carbocycles. The van der Waals surface area contributed by atoms with Crippen molar-refractivity contribution in [3.8, 4) is 0 Å². The highest BCUT2D eigenvalue weighted by molar-refractivity contribution is 5.54. The van der Waals surface area contributed by atoms with Crippen molar-refractivity contribution < 1.29 is 0 Å². The lowest BCUT2D eigenvalue weighted by Gasteiger charge is -2.41. The van der Waals surface area contributed by atoms with Crippen LogP contribution in [0.15, 0.2) is 48.5 Å². The number of anilines is 4. The van der Waals surface area contributed by atoms with E-state index in [1.54, 1.807) is 0 Å². The highest BCUT2D eigenvalue weighted by Crippen LogP contribution is 2.35. The first kappa shape index (κ1) is 17.1. The van der Waals surface area contributed by atoms with Gasteiger partial charge in [-0.1, -0.05) is 0 Å². The van der Waals surface area contributed by atoms with Gasteiger partial charge in [0, 0.05) is 48.9 Å². The molecule has 4 nitrogen and oxygen atoms in total. The first-order chi connectivity index (χ1) is 12.7. The van der Waals surface area contributed by atoms with E-state index in [9.17, 15) is 0 Å². The Bertz CT molecular complexity index is 630. The summed E-state index contributed by atoms with van der Waals surface area (Å²) in [7, 11) is 0. The predicted molar refractivity (Wildman–Crippen MR) is 112 cm³/mol. The molecule has 4 heteroatoms. The minimum atomic E-state index is 0.844. The Morgan fingerprint density at radius 3 is 1.15 bits per heavy atom. The first-order valence-electron chi connectivity index (χ1n) is 9.90. The third-order valence-corrected chi connectivity index (χ3v) is 6.26. The number of nitrogen functional groups attached to an aromatic ring is 2. The van der Waals surface area contributed by atoms with Crippen molar-refractivity contribution in [3.63, 3.8) is 0 Å². The van der Waals surface area contributed by atoms with Gasteiger partial charge >= 0.3 is 0 Å². The van der Waals surface area contributed by atoms with Gasteiger partial charge in [-0.15, -0.1) is 0 Å². The molecule has 4 rings (SSSR count). The van der Waals surface area contributed by atoms with Crippen molar-refractivity contribution in [1.29, 1.82) is 0 Å². The Morgan fingerprint density at radius 2 is 0.846 bits per heavy atom. The van der Waals surface area contributed by atoms with E-state index >= 15 is 0 Å². The number of nitrogens with zero attached hydrogens (tertiary/aromatic N) is 2. The van der Waals surface area contributed by atoms with Crippen LogP contribution in [-0.2, 0) is 0 Å². The largest absolute Gasteiger partial charge is 0.399 e. The van der Waals surface area contributed by atoms with Crippen LogP contribution in [0.5, 0.6) is 0 Å². The van der Waals surface area contributed by atoms with Crippen LogP contribution in [-0.4, -0.2) is 26.2 Å². The molecule has 0 radical (unpaired) electrons. The summed E-state index contributed by atoms with van der Waals surface area (Å²) in [5.74, 6) is 1.77. The summed E-state index contributed by atoms with van der Waals surface area (Å²) in [6.45, 7) is 4.69. The second-order valence-electron chi connectivity index (χ2n) is 7.83. The molecule has 0 aliphatic carbocycles. The molecule has 0 amide bonds. The van der Waals surface area contributed by atoms with Crippen LogP contribution in [0.25, 0.3) is 0 Å². The molecule has 2 aliphatic rings. The fourth-order valence-electron chi connectivity index (χ4n) is 4.63. The zero-order valence-electron chi connectivity index (χ0n) is 15.5. The summed E-state index contributed by atoms with van der Waals surface area (Å²) in [5, 5.41) is 0. The number of rotatable bonds is 3. The van der Waals surface area contributed by atoms with Crippen LogP contribution in [0.4, 0.5) is 22.7 Å². The highest BCUT2D eigenvalue weighted by Gasteiger charge is 2.29. The van der Waals surface area contributed by atoms with Gasteiger partial charge in [-0.2, -0.15) is 0 Å². The smallest absolute Gasteiger partial charge is 0.0367 e. The first-order valence-corrected chi connectivity index (χ1v) is 9.90. The molecule has 2 saturated heterocycles. The van der Waals surface area contributed by atoms with Crippen LogP contribution in [0.3, 0.4) is 0 Å². The summed E-state index contributed by atoms with van der Waals surface area (Å²) in [4.78, 5) is 5.03. The van der Waals surface area contributed by atoms with E-state index in [1.807, 2.05) is 24.3 Å². The van der Waals surface area contributed by atoms with Crippen LogP contribution in [0.2, 0.25) is 0 Å². The van der Waals surface area contributed by atoms with Gasteiger partial charge in [0.1, 0.15) is 0 Å². The molecule has 0 aromatic heterocycles. The molecule has 4 N–H and O–H groups in total. The molecule has 2 heterocycles. The van der Waals surface area contributed by atoms with Crippen LogP contribution in [0, 0.1) is 11.8 Å². The van der Waals surface area contributed by atoms with Crippen molar-refractivity contribution in [2.75, 3.05) is 47.4 Å². The average Bonchev–Trinajstić information content (AvgIpc) is 2.70. The molecule has 0 unspecified atom stereocenters.